The summed E-state index contributed by atoms with van der Waals surface area (Å²) in [6, 6.07) is 5.19. The Bertz CT molecular complexity index is 501. The maximum absolute atomic E-state index is 12.7. The van der Waals surface area contributed by atoms with E-state index in [-0.39, 0.29) is 6.54 Å². The van der Waals surface area contributed by atoms with E-state index in [0.717, 1.165) is 0 Å². The predicted octanol–water partition coefficient (Wildman–Crippen LogP) is 0.935. The van der Waals surface area contributed by atoms with Crippen LogP contribution in [0.1, 0.15) is 20.3 Å². The Balaban J connectivity index is 2.47. The van der Waals surface area contributed by atoms with E-state index >= 15 is 0 Å². The van der Waals surface area contributed by atoms with Gasteiger partial charge in [-0.1, -0.05) is 0 Å². The van der Waals surface area contributed by atoms with Crippen molar-refractivity contribution in [2.24, 2.45) is 0 Å². The topological polar surface area (TPSA) is 95.9 Å². The van der Waals surface area contributed by atoms with Gasteiger partial charge in [0, 0.05) is 6.54 Å². The van der Waals surface area contributed by atoms with E-state index in [0.29, 0.717) is 5.75 Å². The average molecular weight is 299 g/mol. The van der Waals surface area contributed by atoms with Crippen LogP contribution in [-0.2, 0) is 9.59 Å². The minimum absolute atomic E-state index is 0.213. The molecule has 0 aliphatic carbocycles. The summed E-state index contributed by atoms with van der Waals surface area (Å²) in [5.41, 5.74) is -1.54. The average Bonchev–Trinajstić information content (AvgIpc) is 2.37. The number of ether oxygens (including phenoxy) is 1. The number of rotatable bonds is 7. The van der Waals surface area contributed by atoms with Gasteiger partial charge < -0.3 is 20.3 Å². The zero-order chi connectivity index (χ0) is 16.0. The fraction of sp³-hybridized carbons (Fsp3) is 0.429. The van der Waals surface area contributed by atoms with Crippen molar-refractivity contribution in [2.75, 3.05) is 6.54 Å². The molecule has 0 fully saturated rings. The van der Waals surface area contributed by atoms with E-state index < -0.39 is 35.8 Å². The lowest BCUT2D eigenvalue weighted by atomic mass is 10.0. The molecule has 1 aromatic carbocycles. The SMILES string of the molecule is CC(Oc1ccc(F)cc1)C(=O)NCC(C)(O)CC(=O)O. The number of hydrogen-bond donors (Lipinski definition) is 3. The van der Waals surface area contributed by atoms with E-state index in [2.05, 4.69) is 5.32 Å². The Kier molecular flexibility index (Phi) is 5.66. The smallest absolute Gasteiger partial charge is 0.306 e. The highest BCUT2D eigenvalue weighted by Gasteiger charge is 2.26. The third-order valence-electron chi connectivity index (χ3n) is 2.67. The molecule has 0 heterocycles. The van der Waals surface area contributed by atoms with Crippen molar-refractivity contribution >= 4 is 11.9 Å². The lowest BCUT2D eigenvalue weighted by molar-refractivity contribution is -0.142. The van der Waals surface area contributed by atoms with Crippen LogP contribution in [0.2, 0.25) is 0 Å². The number of hydrogen-bond acceptors (Lipinski definition) is 4. The summed E-state index contributed by atoms with van der Waals surface area (Å²) in [7, 11) is 0. The van der Waals surface area contributed by atoms with E-state index in [1.54, 1.807) is 0 Å². The molecule has 0 spiro atoms. The first-order chi connectivity index (χ1) is 9.69. The highest BCUT2D eigenvalue weighted by atomic mass is 19.1. The fourth-order valence-corrected chi connectivity index (χ4v) is 1.58. The molecule has 1 amide bonds. The van der Waals surface area contributed by atoms with Gasteiger partial charge in [0.25, 0.3) is 5.91 Å². The molecule has 1 aromatic rings. The molecule has 0 aromatic heterocycles. The number of nitrogens with one attached hydrogen (secondary N) is 1. The maximum atomic E-state index is 12.7. The lowest BCUT2D eigenvalue weighted by Crippen LogP contribution is -2.46. The fourth-order valence-electron chi connectivity index (χ4n) is 1.58. The number of amides is 1. The number of carboxylic acids is 1. The van der Waals surface area contributed by atoms with Crippen molar-refractivity contribution in [1.82, 2.24) is 5.32 Å². The molecule has 0 radical (unpaired) electrons. The third-order valence-corrected chi connectivity index (χ3v) is 2.67. The van der Waals surface area contributed by atoms with Crippen LogP contribution in [0.25, 0.3) is 0 Å². The predicted molar refractivity (Wildman–Crippen MR) is 72.4 cm³/mol. The zero-order valence-electron chi connectivity index (χ0n) is 11.8. The van der Waals surface area contributed by atoms with Gasteiger partial charge in [0.2, 0.25) is 0 Å². The molecular formula is C14H18FNO5. The molecule has 0 saturated heterocycles. The summed E-state index contributed by atoms with van der Waals surface area (Å²) in [6.45, 7) is 2.59. The quantitative estimate of drug-likeness (QED) is 0.696. The van der Waals surface area contributed by atoms with E-state index in [9.17, 15) is 19.1 Å². The molecule has 0 aliphatic rings. The van der Waals surface area contributed by atoms with Crippen molar-refractivity contribution in [3.63, 3.8) is 0 Å². The van der Waals surface area contributed by atoms with Gasteiger partial charge in [-0.25, -0.2) is 4.39 Å². The van der Waals surface area contributed by atoms with Gasteiger partial charge in [0.05, 0.1) is 12.0 Å². The first-order valence-electron chi connectivity index (χ1n) is 6.34. The molecule has 2 unspecified atom stereocenters. The van der Waals surface area contributed by atoms with Crippen LogP contribution < -0.4 is 10.1 Å². The molecule has 0 bridgehead atoms. The number of aliphatic hydroxyl groups is 1. The molecule has 7 heteroatoms. The van der Waals surface area contributed by atoms with Gasteiger partial charge in [-0.2, -0.15) is 0 Å². The summed E-state index contributed by atoms with van der Waals surface area (Å²) in [6.07, 6.45) is -1.35. The standard InChI is InChI=1S/C14H18FNO5/c1-9(21-11-5-3-10(15)4-6-11)13(19)16-8-14(2,20)7-12(17)18/h3-6,9,20H,7-8H2,1-2H3,(H,16,19)(H,17,18). The number of aliphatic carboxylic acids is 1. The van der Waals surface area contributed by atoms with Crippen LogP contribution in [0.4, 0.5) is 4.39 Å². The van der Waals surface area contributed by atoms with Crippen molar-refractivity contribution in [3.8, 4) is 5.75 Å². The summed E-state index contributed by atoms with van der Waals surface area (Å²) in [5, 5.41) is 20.8. The van der Waals surface area contributed by atoms with Crippen LogP contribution in [0.15, 0.2) is 24.3 Å². The first kappa shape index (κ1) is 16.9. The molecule has 21 heavy (non-hydrogen) atoms. The van der Waals surface area contributed by atoms with Gasteiger partial charge in [-0.05, 0) is 38.1 Å². The van der Waals surface area contributed by atoms with Crippen LogP contribution in [0, 0.1) is 5.82 Å². The van der Waals surface area contributed by atoms with Crippen molar-refractivity contribution in [3.05, 3.63) is 30.1 Å². The van der Waals surface area contributed by atoms with Crippen molar-refractivity contribution < 1.29 is 28.9 Å². The normalized spacial score (nSPS) is 14.9. The largest absolute Gasteiger partial charge is 0.481 e. The molecule has 0 saturated carbocycles. The van der Waals surface area contributed by atoms with Gasteiger partial charge in [0.15, 0.2) is 6.10 Å². The van der Waals surface area contributed by atoms with Gasteiger partial charge in [-0.15, -0.1) is 0 Å². The lowest BCUT2D eigenvalue weighted by Gasteiger charge is -2.23. The number of carbonyl (C=O) groups excluding carboxylic acids is 1. The van der Waals surface area contributed by atoms with Crippen molar-refractivity contribution in [1.29, 1.82) is 0 Å². The highest BCUT2D eigenvalue weighted by Crippen LogP contribution is 2.13. The number of halogens is 1. The van der Waals surface area contributed by atoms with Crippen LogP contribution in [0.5, 0.6) is 5.75 Å². The van der Waals surface area contributed by atoms with Crippen LogP contribution >= 0.6 is 0 Å². The van der Waals surface area contributed by atoms with E-state index in [4.69, 9.17) is 9.84 Å². The molecule has 116 valence electrons. The summed E-state index contributed by atoms with van der Waals surface area (Å²) < 4.78 is 18.0. The van der Waals surface area contributed by atoms with E-state index in [1.807, 2.05) is 0 Å². The molecule has 3 N–H and O–H groups in total. The Morgan fingerprint density at radius 2 is 1.95 bits per heavy atom. The van der Waals surface area contributed by atoms with Gasteiger partial charge in [0.1, 0.15) is 11.6 Å². The molecule has 6 nitrogen and oxygen atoms in total. The molecular weight excluding hydrogens is 281 g/mol. The second-order valence-corrected chi connectivity index (χ2v) is 5.00. The third kappa shape index (κ3) is 6.22. The Labute approximate surface area is 121 Å². The molecule has 2 atom stereocenters. The van der Waals surface area contributed by atoms with Crippen molar-refractivity contribution in [2.45, 2.75) is 32.0 Å². The summed E-state index contributed by atoms with van der Waals surface area (Å²) in [4.78, 5) is 22.3. The Morgan fingerprint density at radius 3 is 2.48 bits per heavy atom. The summed E-state index contributed by atoms with van der Waals surface area (Å²) in [5.74, 6) is -1.75. The monoisotopic (exact) mass is 299 g/mol. The maximum Gasteiger partial charge on any atom is 0.306 e. The highest BCUT2D eigenvalue weighted by molar-refractivity contribution is 5.80. The van der Waals surface area contributed by atoms with Gasteiger partial charge in [-0.3, -0.25) is 9.59 Å². The summed E-state index contributed by atoms with van der Waals surface area (Å²) >= 11 is 0. The molecule has 1 rings (SSSR count). The number of benzene rings is 1. The van der Waals surface area contributed by atoms with Crippen LogP contribution in [0.3, 0.4) is 0 Å². The second kappa shape index (κ2) is 7.03. The minimum atomic E-state index is -1.54. The van der Waals surface area contributed by atoms with Crippen LogP contribution in [-0.4, -0.2) is 40.3 Å². The van der Waals surface area contributed by atoms with E-state index in [1.165, 1.54) is 38.1 Å². The number of carbonyl (C=O) groups is 2. The zero-order valence-corrected chi connectivity index (χ0v) is 11.8. The minimum Gasteiger partial charge on any atom is -0.481 e. The first-order valence-corrected chi connectivity index (χ1v) is 6.34. The Hall–Kier alpha value is -2.15. The van der Waals surface area contributed by atoms with Gasteiger partial charge >= 0.3 is 5.97 Å². The Morgan fingerprint density at radius 1 is 1.38 bits per heavy atom. The number of carboxylic acid groups (broad SMARTS) is 1. The second-order valence-electron chi connectivity index (χ2n) is 5.00. The molecule has 0 aliphatic heterocycles.